The molecule has 0 radical (unpaired) electrons. The van der Waals surface area contributed by atoms with Crippen molar-refractivity contribution >= 4 is 10.9 Å². The van der Waals surface area contributed by atoms with E-state index < -0.39 is 6.10 Å². The highest BCUT2D eigenvalue weighted by Crippen LogP contribution is 2.20. The molecule has 0 aliphatic carbocycles. The average molecular weight is 248 g/mol. The standard InChI is InChI=1S/C14H20N2O2/c1-9(2)14(15)12(17)8-18-13-7-10-5-3-4-6-11(10)16-13/h3-7,9,12,14,16-17H,8,15H2,1-2H3. The number of hydrogen-bond donors (Lipinski definition) is 3. The molecular weight excluding hydrogens is 228 g/mol. The lowest BCUT2D eigenvalue weighted by atomic mass is 10.0. The second-order valence-electron chi connectivity index (χ2n) is 4.92. The van der Waals surface area contributed by atoms with Crippen LogP contribution >= 0.6 is 0 Å². The van der Waals surface area contributed by atoms with Gasteiger partial charge in [0.2, 0.25) is 0 Å². The fraction of sp³-hybridized carbons (Fsp3) is 0.429. The smallest absolute Gasteiger partial charge is 0.191 e. The molecule has 98 valence electrons. The minimum atomic E-state index is -0.656. The fourth-order valence-corrected chi connectivity index (χ4v) is 1.86. The number of hydrogen-bond acceptors (Lipinski definition) is 3. The van der Waals surface area contributed by atoms with Crippen molar-refractivity contribution in [1.82, 2.24) is 4.98 Å². The SMILES string of the molecule is CC(C)C(N)C(O)COc1cc2ccccc2[nH]1. The van der Waals surface area contributed by atoms with Crippen molar-refractivity contribution in [3.05, 3.63) is 30.3 Å². The van der Waals surface area contributed by atoms with Crippen LogP contribution in [0.15, 0.2) is 30.3 Å². The third-order valence-electron chi connectivity index (χ3n) is 3.13. The molecule has 4 heteroatoms. The van der Waals surface area contributed by atoms with E-state index in [4.69, 9.17) is 10.5 Å². The minimum absolute atomic E-state index is 0.201. The van der Waals surface area contributed by atoms with E-state index in [0.717, 1.165) is 10.9 Å². The number of aliphatic hydroxyl groups excluding tert-OH is 1. The number of ether oxygens (including phenoxy) is 1. The summed E-state index contributed by atoms with van der Waals surface area (Å²) in [7, 11) is 0. The number of H-pyrrole nitrogens is 1. The van der Waals surface area contributed by atoms with Crippen molar-refractivity contribution in [2.45, 2.75) is 26.0 Å². The molecule has 0 spiro atoms. The van der Waals surface area contributed by atoms with Gasteiger partial charge in [-0.15, -0.1) is 0 Å². The first-order valence-electron chi connectivity index (χ1n) is 6.22. The summed E-state index contributed by atoms with van der Waals surface area (Å²) in [5.74, 6) is 0.887. The van der Waals surface area contributed by atoms with E-state index in [2.05, 4.69) is 4.98 Å². The van der Waals surface area contributed by atoms with Crippen molar-refractivity contribution in [1.29, 1.82) is 0 Å². The van der Waals surface area contributed by atoms with Crippen LogP contribution in [-0.2, 0) is 0 Å². The van der Waals surface area contributed by atoms with Crippen LogP contribution in [0.4, 0.5) is 0 Å². The number of aromatic amines is 1. The molecule has 18 heavy (non-hydrogen) atoms. The number of aliphatic hydroxyl groups is 1. The van der Waals surface area contributed by atoms with Crippen molar-refractivity contribution in [3.8, 4) is 5.88 Å². The third-order valence-corrected chi connectivity index (χ3v) is 3.13. The topological polar surface area (TPSA) is 71.3 Å². The molecule has 0 aliphatic rings. The number of rotatable bonds is 5. The van der Waals surface area contributed by atoms with E-state index in [1.54, 1.807) is 0 Å². The fourth-order valence-electron chi connectivity index (χ4n) is 1.86. The van der Waals surface area contributed by atoms with Crippen LogP contribution < -0.4 is 10.5 Å². The molecule has 2 unspecified atom stereocenters. The van der Waals surface area contributed by atoms with Gasteiger partial charge in [-0.3, -0.25) is 0 Å². The molecule has 0 aliphatic heterocycles. The van der Waals surface area contributed by atoms with Gasteiger partial charge in [0, 0.05) is 23.0 Å². The normalized spacial score (nSPS) is 14.9. The van der Waals surface area contributed by atoms with Gasteiger partial charge in [0.15, 0.2) is 5.88 Å². The van der Waals surface area contributed by atoms with Gasteiger partial charge in [-0.2, -0.15) is 0 Å². The first-order valence-corrected chi connectivity index (χ1v) is 6.22. The first kappa shape index (κ1) is 12.9. The lowest BCUT2D eigenvalue weighted by Crippen LogP contribution is -2.42. The zero-order chi connectivity index (χ0) is 13.1. The predicted octanol–water partition coefficient (Wildman–Crippen LogP) is 1.89. The molecular formula is C14H20N2O2. The number of para-hydroxylation sites is 1. The molecule has 1 aromatic heterocycles. The van der Waals surface area contributed by atoms with Gasteiger partial charge in [0.05, 0.1) is 0 Å². The summed E-state index contributed by atoms with van der Waals surface area (Å²) in [4.78, 5) is 3.14. The quantitative estimate of drug-likeness (QED) is 0.756. The number of benzene rings is 1. The zero-order valence-corrected chi connectivity index (χ0v) is 10.8. The van der Waals surface area contributed by atoms with Crippen molar-refractivity contribution in [3.63, 3.8) is 0 Å². The van der Waals surface area contributed by atoms with Gasteiger partial charge in [-0.05, 0) is 12.0 Å². The largest absolute Gasteiger partial charge is 0.476 e. The lowest BCUT2D eigenvalue weighted by Gasteiger charge is -2.21. The molecule has 2 rings (SSSR count). The Hall–Kier alpha value is -1.52. The predicted molar refractivity (Wildman–Crippen MR) is 72.6 cm³/mol. The Balaban J connectivity index is 1.97. The number of nitrogens with two attached hydrogens (primary N) is 1. The molecule has 1 heterocycles. The molecule has 2 aromatic rings. The summed E-state index contributed by atoms with van der Waals surface area (Å²) in [5, 5.41) is 11.0. The number of aromatic nitrogens is 1. The molecule has 4 nitrogen and oxygen atoms in total. The Morgan fingerprint density at radius 1 is 1.33 bits per heavy atom. The van der Waals surface area contributed by atoms with Crippen molar-refractivity contribution in [2.24, 2.45) is 11.7 Å². The van der Waals surface area contributed by atoms with Gasteiger partial charge in [-0.25, -0.2) is 0 Å². The van der Waals surface area contributed by atoms with Crippen LogP contribution in [0.5, 0.6) is 5.88 Å². The monoisotopic (exact) mass is 248 g/mol. The highest BCUT2D eigenvalue weighted by molar-refractivity contribution is 5.81. The summed E-state index contributed by atoms with van der Waals surface area (Å²) < 4.78 is 5.54. The minimum Gasteiger partial charge on any atom is -0.476 e. The Labute approximate surface area is 107 Å². The van der Waals surface area contributed by atoms with Gasteiger partial charge in [-0.1, -0.05) is 32.0 Å². The molecule has 4 N–H and O–H groups in total. The second-order valence-corrected chi connectivity index (χ2v) is 4.92. The molecule has 2 atom stereocenters. The van der Waals surface area contributed by atoms with E-state index in [1.807, 2.05) is 44.2 Å². The van der Waals surface area contributed by atoms with Crippen LogP contribution in [-0.4, -0.2) is 28.8 Å². The van der Waals surface area contributed by atoms with Gasteiger partial charge >= 0.3 is 0 Å². The Morgan fingerprint density at radius 3 is 2.72 bits per heavy atom. The lowest BCUT2D eigenvalue weighted by molar-refractivity contribution is 0.0700. The summed E-state index contributed by atoms with van der Waals surface area (Å²) in [6, 6.07) is 9.58. The molecule has 1 aromatic carbocycles. The maximum Gasteiger partial charge on any atom is 0.191 e. The molecule has 0 saturated heterocycles. The second kappa shape index (κ2) is 5.42. The van der Waals surface area contributed by atoms with Crippen LogP contribution in [0.25, 0.3) is 10.9 Å². The molecule has 0 bridgehead atoms. The van der Waals surface area contributed by atoms with E-state index in [9.17, 15) is 5.11 Å². The van der Waals surface area contributed by atoms with E-state index in [1.165, 1.54) is 0 Å². The summed E-state index contributed by atoms with van der Waals surface area (Å²) in [6.07, 6.45) is -0.656. The van der Waals surface area contributed by atoms with Gasteiger partial charge in [0.25, 0.3) is 0 Å². The van der Waals surface area contributed by atoms with Crippen LogP contribution in [0.1, 0.15) is 13.8 Å². The summed E-state index contributed by atoms with van der Waals surface area (Å²) in [6.45, 7) is 4.17. The van der Waals surface area contributed by atoms with E-state index >= 15 is 0 Å². The third kappa shape index (κ3) is 2.83. The van der Waals surface area contributed by atoms with Crippen molar-refractivity contribution < 1.29 is 9.84 Å². The molecule has 0 saturated carbocycles. The Morgan fingerprint density at radius 2 is 2.06 bits per heavy atom. The average Bonchev–Trinajstić information content (AvgIpc) is 2.77. The highest BCUT2D eigenvalue weighted by Gasteiger charge is 2.19. The maximum atomic E-state index is 9.86. The molecule has 0 fully saturated rings. The van der Waals surface area contributed by atoms with Crippen molar-refractivity contribution in [2.75, 3.05) is 6.61 Å². The van der Waals surface area contributed by atoms with E-state index in [-0.39, 0.29) is 18.6 Å². The van der Waals surface area contributed by atoms with Gasteiger partial charge in [0.1, 0.15) is 12.7 Å². The maximum absolute atomic E-state index is 9.86. The highest BCUT2D eigenvalue weighted by atomic mass is 16.5. The van der Waals surface area contributed by atoms with E-state index in [0.29, 0.717) is 5.88 Å². The zero-order valence-electron chi connectivity index (χ0n) is 10.8. The summed E-state index contributed by atoms with van der Waals surface area (Å²) >= 11 is 0. The van der Waals surface area contributed by atoms with Gasteiger partial charge < -0.3 is 20.6 Å². The number of fused-ring (bicyclic) bond motifs is 1. The molecule has 0 amide bonds. The van der Waals surface area contributed by atoms with Crippen LogP contribution in [0.2, 0.25) is 0 Å². The Bertz CT molecular complexity index is 474. The summed E-state index contributed by atoms with van der Waals surface area (Å²) in [5.41, 5.74) is 6.88. The number of nitrogens with one attached hydrogen (secondary N) is 1. The Kier molecular flexibility index (Phi) is 3.89. The van der Waals surface area contributed by atoms with Crippen LogP contribution in [0.3, 0.4) is 0 Å². The first-order chi connectivity index (χ1) is 8.58. The van der Waals surface area contributed by atoms with Crippen LogP contribution in [0, 0.1) is 5.92 Å².